The van der Waals surface area contributed by atoms with Crippen LogP contribution < -0.4 is 11.1 Å². The molecule has 0 spiro atoms. The van der Waals surface area contributed by atoms with E-state index in [1.54, 1.807) is 0 Å². The van der Waals surface area contributed by atoms with Crippen LogP contribution in [0.2, 0.25) is 0 Å². The minimum absolute atomic E-state index is 0.565. The van der Waals surface area contributed by atoms with Gasteiger partial charge in [-0.2, -0.15) is 0 Å². The van der Waals surface area contributed by atoms with Crippen molar-refractivity contribution in [3.8, 4) is 0 Å². The average Bonchev–Trinajstić information content (AvgIpc) is 2.28. The van der Waals surface area contributed by atoms with Crippen molar-refractivity contribution in [3.63, 3.8) is 0 Å². The lowest BCUT2D eigenvalue weighted by atomic mass is 9.84. The zero-order valence-electron chi connectivity index (χ0n) is 11.0. The summed E-state index contributed by atoms with van der Waals surface area (Å²) in [5, 5.41) is 3.68. The van der Waals surface area contributed by atoms with Crippen molar-refractivity contribution in [3.05, 3.63) is 29.3 Å². The molecule has 0 bridgehead atoms. The summed E-state index contributed by atoms with van der Waals surface area (Å²) in [7, 11) is 0. The number of nitrogens with two attached hydrogens (primary N) is 1. The van der Waals surface area contributed by atoms with E-state index in [9.17, 15) is 0 Å². The van der Waals surface area contributed by atoms with Gasteiger partial charge in [0, 0.05) is 11.7 Å². The SMILES string of the molecule is Cc1cc(C)cc(NC2CCCCC2CN)c1. The normalized spacial score (nSPS) is 24.6. The van der Waals surface area contributed by atoms with Gasteiger partial charge in [0.05, 0.1) is 0 Å². The van der Waals surface area contributed by atoms with Crippen molar-refractivity contribution in [2.45, 2.75) is 45.6 Å². The Bertz CT molecular complexity index is 353. The van der Waals surface area contributed by atoms with E-state index in [0.29, 0.717) is 12.0 Å². The molecule has 1 saturated carbocycles. The molecule has 1 aliphatic rings. The van der Waals surface area contributed by atoms with Gasteiger partial charge in [-0.05, 0) is 62.4 Å². The van der Waals surface area contributed by atoms with Crippen molar-refractivity contribution >= 4 is 5.69 Å². The highest BCUT2D eigenvalue weighted by atomic mass is 14.9. The third-order valence-corrected chi connectivity index (χ3v) is 3.79. The summed E-state index contributed by atoms with van der Waals surface area (Å²) >= 11 is 0. The number of hydrogen-bond donors (Lipinski definition) is 2. The molecule has 94 valence electrons. The zero-order valence-corrected chi connectivity index (χ0v) is 11.0. The van der Waals surface area contributed by atoms with Gasteiger partial charge in [-0.3, -0.25) is 0 Å². The summed E-state index contributed by atoms with van der Waals surface area (Å²) in [5.74, 6) is 0.643. The van der Waals surface area contributed by atoms with E-state index in [1.165, 1.54) is 42.5 Å². The van der Waals surface area contributed by atoms with Crippen LogP contribution in [-0.2, 0) is 0 Å². The van der Waals surface area contributed by atoms with Crippen LogP contribution >= 0.6 is 0 Å². The average molecular weight is 232 g/mol. The molecule has 0 radical (unpaired) electrons. The molecular formula is C15H24N2. The number of benzene rings is 1. The Balaban J connectivity index is 2.08. The first-order valence-corrected chi connectivity index (χ1v) is 6.74. The molecule has 0 amide bonds. The monoisotopic (exact) mass is 232 g/mol. The first kappa shape index (κ1) is 12.4. The van der Waals surface area contributed by atoms with Gasteiger partial charge in [0.25, 0.3) is 0 Å². The molecule has 2 rings (SSSR count). The fourth-order valence-corrected chi connectivity index (χ4v) is 2.95. The zero-order chi connectivity index (χ0) is 12.3. The summed E-state index contributed by atoms with van der Waals surface area (Å²) in [5.41, 5.74) is 9.78. The molecule has 0 heterocycles. The Hall–Kier alpha value is -1.02. The van der Waals surface area contributed by atoms with Crippen molar-refractivity contribution in [1.82, 2.24) is 0 Å². The fraction of sp³-hybridized carbons (Fsp3) is 0.600. The van der Waals surface area contributed by atoms with E-state index in [4.69, 9.17) is 5.73 Å². The molecule has 1 aromatic carbocycles. The van der Waals surface area contributed by atoms with E-state index < -0.39 is 0 Å². The molecule has 2 nitrogen and oxygen atoms in total. The molecule has 2 atom stereocenters. The number of nitrogens with one attached hydrogen (secondary N) is 1. The third kappa shape index (κ3) is 3.22. The van der Waals surface area contributed by atoms with Gasteiger partial charge in [-0.15, -0.1) is 0 Å². The van der Waals surface area contributed by atoms with Crippen LogP contribution in [0.4, 0.5) is 5.69 Å². The lowest BCUT2D eigenvalue weighted by Gasteiger charge is -2.32. The fourth-order valence-electron chi connectivity index (χ4n) is 2.95. The van der Waals surface area contributed by atoms with Gasteiger partial charge >= 0.3 is 0 Å². The molecule has 0 aliphatic heterocycles. The van der Waals surface area contributed by atoms with Crippen LogP contribution in [0.3, 0.4) is 0 Å². The molecule has 0 aromatic heterocycles. The van der Waals surface area contributed by atoms with Crippen LogP contribution in [0, 0.1) is 19.8 Å². The molecule has 17 heavy (non-hydrogen) atoms. The van der Waals surface area contributed by atoms with Crippen molar-refractivity contribution in [2.24, 2.45) is 11.7 Å². The van der Waals surface area contributed by atoms with Gasteiger partial charge in [0.2, 0.25) is 0 Å². The number of hydrogen-bond acceptors (Lipinski definition) is 2. The highest BCUT2D eigenvalue weighted by Crippen LogP contribution is 2.27. The summed E-state index contributed by atoms with van der Waals surface area (Å²) < 4.78 is 0. The predicted octanol–water partition coefficient (Wildman–Crippen LogP) is 3.23. The molecule has 2 unspecified atom stereocenters. The second-order valence-corrected chi connectivity index (χ2v) is 5.41. The summed E-state index contributed by atoms with van der Waals surface area (Å²) in [6.07, 6.45) is 5.21. The maximum Gasteiger partial charge on any atom is 0.0347 e. The minimum Gasteiger partial charge on any atom is -0.382 e. The Morgan fingerprint density at radius 2 is 1.76 bits per heavy atom. The second kappa shape index (κ2) is 5.54. The molecule has 0 saturated heterocycles. The molecular weight excluding hydrogens is 208 g/mol. The first-order chi connectivity index (χ1) is 8.19. The van der Waals surface area contributed by atoms with Gasteiger partial charge < -0.3 is 11.1 Å². The van der Waals surface area contributed by atoms with Crippen LogP contribution in [-0.4, -0.2) is 12.6 Å². The Kier molecular flexibility index (Phi) is 4.06. The summed E-state index contributed by atoms with van der Waals surface area (Å²) in [6.45, 7) is 5.11. The van der Waals surface area contributed by atoms with Gasteiger partial charge in [0.1, 0.15) is 0 Å². The summed E-state index contributed by atoms with van der Waals surface area (Å²) in [4.78, 5) is 0. The molecule has 3 N–H and O–H groups in total. The quantitative estimate of drug-likeness (QED) is 0.839. The minimum atomic E-state index is 0.565. The lowest BCUT2D eigenvalue weighted by molar-refractivity contribution is 0.332. The number of anilines is 1. The highest BCUT2D eigenvalue weighted by Gasteiger charge is 2.23. The van der Waals surface area contributed by atoms with Crippen LogP contribution in [0.5, 0.6) is 0 Å². The maximum absolute atomic E-state index is 5.87. The van der Waals surface area contributed by atoms with Crippen LogP contribution in [0.15, 0.2) is 18.2 Å². The van der Waals surface area contributed by atoms with Crippen LogP contribution in [0.25, 0.3) is 0 Å². The molecule has 1 aromatic rings. The van der Waals surface area contributed by atoms with Crippen LogP contribution in [0.1, 0.15) is 36.8 Å². The first-order valence-electron chi connectivity index (χ1n) is 6.74. The Morgan fingerprint density at radius 1 is 1.12 bits per heavy atom. The van der Waals surface area contributed by atoms with E-state index in [2.05, 4.69) is 37.4 Å². The number of aryl methyl sites for hydroxylation is 2. The van der Waals surface area contributed by atoms with E-state index in [-0.39, 0.29) is 0 Å². The molecule has 1 fully saturated rings. The van der Waals surface area contributed by atoms with E-state index in [1.807, 2.05) is 0 Å². The van der Waals surface area contributed by atoms with Crippen molar-refractivity contribution in [2.75, 3.05) is 11.9 Å². The standard InChI is InChI=1S/C15H24N2/c1-11-7-12(2)9-14(8-11)17-15-6-4-3-5-13(15)10-16/h7-9,13,15,17H,3-6,10,16H2,1-2H3. The van der Waals surface area contributed by atoms with Crippen molar-refractivity contribution < 1.29 is 0 Å². The predicted molar refractivity (Wildman–Crippen MR) is 74.3 cm³/mol. The molecule has 1 aliphatic carbocycles. The highest BCUT2D eigenvalue weighted by molar-refractivity contribution is 5.49. The van der Waals surface area contributed by atoms with Gasteiger partial charge in [0.15, 0.2) is 0 Å². The third-order valence-electron chi connectivity index (χ3n) is 3.79. The molecule has 2 heteroatoms. The van der Waals surface area contributed by atoms with Crippen molar-refractivity contribution in [1.29, 1.82) is 0 Å². The van der Waals surface area contributed by atoms with Gasteiger partial charge in [-0.25, -0.2) is 0 Å². The smallest absolute Gasteiger partial charge is 0.0347 e. The maximum atomic E-state index is 5.87. The Labute approximate surface area is 105 Å². The largest absolute Gasteiger partial charge is 0.382 e. The topological polar surface area (TPSA) is 38.0 Å². The lowest BCUT2D eigenvalue weighted by Crippen LogP contribution is -2.36. The summed E-state index contributed by atoms with van der Waals surface area (Å²) in [6, 6.07) is 7.24. The number of rotatable bonds is 3. The Morgan fingerprint density at radius 3 is 2.41 bits per heavy atom. The van der Waals surface area contributed by atoms with Gasteiger partial charge in [-0.1, -0.05) is 18.9 Å². The van der Waals surface area contributed by atoms with E-state index >= 15 is 0 Å². The van der Waals surface area contributed by atoms with E-state index in [0.717, 1.165) is 6.54 Å². The second-order valence-electron chi connectivity index (χ2n) is 5.41.